The van der Waals surface area contributed by atoms with Gasteiger partial charge in [0.2, 0.25) is 9.47 Å². The molecule has 0 fully saturated rings. The average Bonchev–Trinajstić information content (AvgIpc) is 2.10. The molecule has 1 heterocycles. The fraction of sp³-hybridized carbons (Fsp3) is 0. The van der Waals surface area contributed by atoms with Gasteiger partial charge in [-0.3, -0.25) is 0 Å². The Morgan fingerprint density at radius 1 is 1.56 bits per heavy atom. The SMILES string of the molecule is FSn1nc(Br)nc1Br. The van der Waals surface area contributed by atoms with E-state index in [0.717, 1.165) is 4.09 Å². The number of hydrogen-bond donors (Lipinski definition) is 0. The van der Waals surface area contributed by atoms with E-state index < -0.39 is 0 Å². The van der Waals surface area contributed by atoms with Crippen LogP contribution in [0.25, 0.3) is 0 Å². The minimum atomic E-state index is -0.0176. The van der Waals surface area contributed by atoms with Crippen molar-refractivity contribution in [2.75, 3.05) is 0 Å². The largest absolute Gasteiger partial charge is 0.219 e. The van der Waals surface area contributed by atoms with E-state index in [9.17, 15) is 3.89 Å². The van der Waals surface area contributed by atoms with Gasteiger partial charge in [-0.05, 0) is 31.9 Å². The summed E-state index contributed by atoms with van der Waals surface area (Å²) in [6.07, 6.45) is 0. The van der Waals surface area contributed by atoms with Gasteiger partial charge in [0.05, 0.1) is 0 Å². The first-order valence-electron chi connectivity index (χ1n) is 1.81. The van der Waals surface area contributed by atoms with E-state index >= 15 is 0 Å². The van der Waals surface area contributed by atoms with Gasteiger partial charge in [-0.25, -0.2) is 0 Å². The minimum Gasteiger partial charge on any atom is -0.194 e. The highest BCUT2D eigenvalue weighted by Crippen LogP contribution is 2.17. The highest BCUT2D eigenvalue weighted by atomic mass is 79.9. The summed E-state index contributed by atoms with van der Waals surface area (Å²) in [5, 5.41) is 3.59. The zero-order valence-corrected chi connectivity index (χ0v) is 7.87. The Bertz CT molecular complexity index is 214. The van der Waals surface area contributed by atoms with Crippen LogP contribution in [0, 0.1) is 0 Å². The predicted molar refractivity (Wildman–Crippen MR) is 39.5 cm³/mol. The van der Waals surface area contributed by atoms with E-state index in [1.54, 1.807) is 0 Å². The standard InChI is InChI=1S/C2Br2FN3S/c3-1-6-2(4)8(7-1)9-5. The fourth-order valence-corrected chi connectivity index (χ4v) is 1.59. The van der Waals surface area contributed by atoms with Crippen LogP contribution >= 0.6 is 44.2 Å². The van der Waals surface area contributed by atoms with Crippen LogP contribution in [0.2, 0.25) is 0 Å². The number of hydrogen-bond acceptors (Lipinski definition) is 3. The lowest BCUT2D eigenvalue weighted by Gasteiger charge is -1.84. The maximum absolute atomic E-state index is 11.7. The molecule has 0 saturated heterocycles. The molecule has 0 radical (unpaired) electrons. The molecule has 0 unspecified atom stereocenters. The second kappa shape index (κ2) is 2.98. The summed E-state index contributed by atoms with van der Waals surface area (Å²) in [6.45, 7) is 0. The number of rotatable bonds is 1. The minimum absolute atomic E-state index is 0.0176. The molecule has 9 heavy (non-hydrogen) atoms. The van der Waals surface area contributed by atoms with Crippen LogP contribution in [0.5, 0.6) is 0 Å². The van der Waals surface area contributed by atoms with Crippen molar-refractivity contribution in [2.24, 2.45) is 0 Å². The molecule has 7 heteroatoms. The predicted octanol–water partition coefficient (Wildman–Crippen LogP) is 2.18. The van der Waals surface area contributed by atoms with Gasteiger partial charge in [0.1, 0.15) is 0 Å². The van der Waals surface area contributed by atoms with Crippen LogP contribution in [0.3, 0.4) is 0 Å². The summed E-state index contributed by atoms with van der Waals surface area (Å²) < 4.78 is 13.4. The lowest BCUT2D eigenvalue weighted by Crippen LogP contribution is -1.83. The Kier molecular flexibility index (Phi) is 2.48. The first-order valence-corrected chi connectivity index (χ1v) is 4.07. The van der Waals surface area contributed by atoms with Crippen molar-refractivity contribution < 1.29 is 3.89 Å². The van der Waals surface area contributed by atoms with Crippen molar-refractivity contribution in [3.8, 4) is 0 Å². The molecule has 0 aromatic carbocycles. The van der Waals surface area contributed by atoms with Crippen LogP contribution in [-0.2, 0) is 0 Å². The van der Waals surface area contributed by atoms with Gasteiger partial charge in [0.25, 0.3) is 0 Å². The molecule has 0 aliphatic rings. The zero-order chi connectivity index (χ0) is 6.85. The molecule has 0 amide bonds. The third kappa shape index (κ3) is 1.65. The third-order valence-corrected chi connectivity index (χ3v) is 2.05. The second-order valence-corrected chi connectivity index (χ2v) is 2.99. The monoisotopic (exact) mass is 275 g/mol. The van der Waals surface area contributed by atoms with Gasteiger partial charge in [-0.2, -0.15) is 4.98 Å². The maximum atomic E-state index is 11.7. The Balaban J connectivity index is 3.01. The zero-order valence-electron chi connectivity index (χ0n) is 3.88. The number of halogens is 3. The van der Waals surface area contributed by atoms with E-state index in [4.69, 9.17) is 0 Å². The van der Waals surface area contributed by atoms with Gasteiger partial charge >= 0.3 is 0 Å². The van der Waals surface area contributed by atoms with Crippen LogP contribution in [0.15, 0.2) is 9.47 Å². The van der Waals surface area contributed by atoms with E-state index in [1.807, 2.05) is 0 Å². The van der Waals surface area contributed by atoms with Crippen molar-refractivity contribution in [3.63, 3.8) is 0 Å². The van der Waals surface area contributed by atoms with Crippen LogP contribution in [0.1, 0.15) is 0 Å². The summed E-state index contributed by atoms with van der Waals surface area (Å²) in [4.78, 5) is 3.71. The molecule has 1 rings (SSSR count). The number of aromatic nitrogens is 3. The Hall–Kier alpha value is 0.380. The number of nitrogens with zero attached hydrogens (tertiary/aromatic N) is 3. The maximum Gasteiger partial charge on any atom is 0.219 e. The topological polar surface area (TPSA) is 30.7 Å². The van der Waals surface area contributed by atoms with Gasteiger partial charge in [-0.15, -0.1) is 13.1 Å². The lowest BCUT2D eigenvalue weighted by molar-refractivity contribution is 0.865. The molecule has 0 aliphatic heterocycles. The molecule has 1 aromatic rings. The second-order valence-electron chi connectivity index (χ2n) is 1.09. The summed E-state index contributed by atoms with van der Waals surface area (Å²) >= 11 is 5.93. The van der Waals surface area contributed by atoms with Gasteiger partial charge < -0.3 is 0 Å². The van der Waals surface area contributed by atoms with Crippen molar-refractivity contribution in [1.29, 1.82) is 0 Å². The third-order valence-electron chi connectivity index (χ3n) is 0.581. The van der Waals surface area contributed by atoms with E-state index in [-0.39, 0.29) is 12.3 Å². The molecule has 0 N–H and O–H groups in total. The van der Waals surface area contributed by atoms with Gasteiger partial charge in [0.15, 0.2) is 12.3 Å². The molecule has 0 aliphatic carbocycles. The molecule has 0 spiro atoms. The van der Waals surface area contributed by atoms with Crippen molar-refractivity contribution in [3.05, 3.63) is 9.47 Å². The van der Waals surface area contributed by atoms with Gasteiger partial charge in [-0.1, -0.05) is 0 Å². The molecule has 1 aromatic heterocycles. The van der Waals surface area contributed by atoms with Gasteiger partial charge in [0, 0.05) is 0 Å². The summed E-state index contributed by atoms with van der Waals surface area (Å²) in [5.41, 5.74) is 0. The van der Waals surface area contributed by atoms with Crippen LogP contribution < -0.4 is 0 Å². The van der Waals surface area contributed by atoms with Crippen LogP contribution in [0.4, 0.5) is 3.89 Å². The summed E-state index contributed by atoms with van der Waals surface area (Å²) in [5.74, 6) is 0. The van der Waals surface area contributed by atoms with E-state index in [2.05, 4.69) is 41.9 Å². The Labute approximate surface area is 71.7 Å². The fourth-order valence-electron chi connectivity index (χ4n) is 0.301. The normalized spacial score (nSPS) is 10.1. The summed E-state index contributed by atoms with van der Waals surface area (Å²) in [6, 6.07) is 0. The Morgan fingerprint density at radius 2 is 2.22 bits per heavy atom. The van der Waals surface area contributed by atoms with Crippen LogP contribution in [-0.4, -0.2) is 14.2 Å². The van der Waals surface area contributed by atoms with Crippen molar-refractivity contribution >= 4 is 44.2 Å². The molecule has 3 nitrogen and oxygen atoms in total. The van der Waals surface area contributed by atoms with E-state index in [0.29, 0.717) is 9.47 Å². The molecule has 50 valence electrons. The highest BCUT2D eigenvalue weighted by molar-refractivity contribution is 9.11. The molecular weight excluding hydrogens is 277 g/mol. The average molecular weight is 277 g/mol. The molecule has 0 bridgehead atoms. The van der Waals surface area contributed by atoms with Crippen molar-refractivity contribution in [1.82, 2.24) is 14.2 Å². The quantitative estimate of drug-likeness (QED) is 0.788. The first-order chi connectivity index (χ1) is 4.24. The molecule has 0 atom stereocenters. The lowest BCUT2D eigenvalue weighted by atomic mass is 11.3. The van der Waals surface area contributed by atoms with Crippen molar-refractivity contribution in [2.45, 2.75) is 0 Å². The molecule has 0 saturated carbocycles. The summed E-state index contributed by atoms with van der Waals surface area (Å²) in [7, 11) is 0. The Morgan fingerprint density at radius 3 is 2.44 bits per heavy atom. The highest BCUT2D eigenvalue weighted by Gasteiger charge is 2.03. The smallest absolute Gasteiger partial charge is 0.194 e. The van der Waals surface area contributed by atoms with E-state index in [1.165, 1.54) is 0 Å². The first kappa shape index (κ1) is 7.49. The molecular formula is C2Br2FN3S.